The first-order valence-electron chi connectivity index (χ1n) is 3.47. The summed E-state index contributed by atoms with van der Waals surface area (Å²) >= 11 is 0. The van der Waals surface area contributed by atoms with Crippen LogP contribution in [0.4, 0.5) is 0 Å². The van der Waals surface area contributed by atoms with Crippen molar-refractivity contribution in [1.29, 1.82) is 0 Å². The highest BCUT2D eigenvalue weighted by Crippen LogP contribution is 1.98. The Bertz CT molecular complexity index is 275. The summed E-state index contributed by atoms with van der Waals surface area (Å²) in [5, 5.41) is 3.95. The van der Waals surface area contributed by atoms with Gasteiger partial charge < -0.3 is 0 Å². The monoisotopic (exact) mass is 150 g/mol. The Morgan fingerprint density at radius 2 is 2.64 bits per heavy atom. The molecule has 1 rings (SSSR count). The van der Waals surface area contributed by atoms with E-state index in [0.717, 1.165) is 6.54 Å². The number of aromatic nitrogens is 2. The van der Waals surface area contributed by atoms with Crippen LogP contribution in [0.1, 0.15) is 17.3 Å². The number of carbonyl (C=O) groups is 1. The van der Waals surface area contributed by atoms with Gasteiger partial charge in [-0.2, -0.15) is 5.10 Å². The van der Waals surface area contributed by atoms with Crippen LogP contribution in [-0.2, 0) is 6.54 Å². The molecule has 58 valence electrons. The van der Waals surface area contributed by atoms with Crippen LogP contribution in [0.2, 0.25) is 0 Å². The topological polar surface area (TPSA) is 34.9 Å². The number of hydrogen-bond acceptors (Lipinski definition) is 2. The molecule has 0 spiro atoms. The summed E-state index contributed by atoms with van der Waals surface area (Å²) in [4.78, 5) is 11.0. The van der Waals surface area contributed by atoms with Gasteiger partial charge in [-0.3, -0.25) is 9.48 Å². The lowest BCUT2D eigenvalue weighted by molar-refractivity contribution is 0.104. The summed E-state index contributed by atoms with van der Waals surface area (Å²) in [5.74, 6) is -0.0790. The molecule has 0 unspecified atom stereocenters. The van der Waals surface area contributed by atoms with E-state index in [4.69, 9.17) is 0 Å². The van der Waals surface area contributed by atoms with Crippen LogP contribution in [0.25, 0.3) is 0 Å². The van der Waals surface area contributed by atoms with E-state index in [1.54, 1.807) is 17.1 Å². The maximum absolute atomic E-state index is 11.0. The lowest BCUT2D eigenvalue weighted by Gasteiger charge is -1.89. The van der Waals surface area contributed by atoms with Crippen molar-refractivity contribution in [3.05, 3.63) is 30.6 Å². The fourth-order valence-corrected chi connectivity index (χ4v) is 0.782. The molecule has 0 aliphatic carbocycles. The maximum atomic E-state index is 11.0. The highest BCUT2D eigenvalue weighted by Gasteiger charge is 2.02. The smallest absolute Gasteiger partial charge is 0.188 e. The molecule has 0 bridgehead atoms. The van der Waals surface area contributed by atoms with Crippen LogP contribution in [-0.4, -0.2) is 15.6 Å². The summed E-state index contributed by atoms with van der Waals surface area (Å²) in [6.45, 7) is 6.14. The minimum atomic E-state index is -0.0790. The standard InChI is InChI=1S/C8H10N2O/c1-3-8(11)7-5-9-10(4-2)6-7/h3,5-6H,1,4H2,2H3. The van der Waals surface area contributed by atoms with Gasteiger partial charge in [0.15, 0.2) is 5.78 Å². The minimum absolute atomic E-state index is 0.0790. The fraction of sp³-hybridized carbons (Fsp3) is 0.250. The third-order valence-electron chi connectivity index (χ3n) is 1.43. The molecular formula is C8H10N2O. The Morgan fingerprint density at radius 3 is 3.09 bits per heavy atom. The summed E-state index contributed by atoms with van der Waals surface area (Å²) in [5.41, 5.74) is 0.599. The van der Waals surface area contributed by atoms with E-state index < -0.39 is 0 Å². The van der Waals surface area contributed by atoms with Gasteiger partial charge in [-0.05, 0) is 13.0 Å². The third kappa shape index (κ3) is 1.55. The Morgan fingerprint density at radius 1 is 1.91 bits per heavy atom. The maximum Gasteiger partial charge on any atom is 0.188 e. The van der Waals surface area contributed by atoms with Crippen LogP contribution in [0.15, 0.2) is 25.0 Å². The zero-order chi connectivity index (χ0) is 8.27. The normalized spacial score (nSPS) is 9.55. The van der Waals surface area contributed by atoms with Crippen LogP contribution in [0.5, 0.6) is 0 Å². The van der Waals surface area contributed by atoms with Crippen molar-refractivity contribution in [2.24, 2.45) is 0 Å². The molecule has 3 nitrogen and oxygen atoms in total. The molecule has 0 aromatic carbocycles. The quantitative estimate of drug-likeness (QED) is 0.480. The van der Waals surface area contributed by atoms with Gasteiger partial charge in [0.05, 0.1) is 11.8 Å². The Kier molecular flexibility index (Phi) is 2.21. The first kappa shape index (κ1) is 7.72. The van der Waals surface area contributed by atoms with Gasteiger partial charge in [-0.1, -0.05) is 6.58 Å². The van der Waals surface area contributed by atoms with E-state index >= 15 is 0 Å². The average molecular weight is 150 g/mol. The Labute approximate surface area is 65.3 Å². The molecule has 1 heterocycles. The average Bonchev–Trinajstić information content (AvgIpc) is 2.50. The fourth-order valence-electron chi connectivity index (χ4n) is 0.782. The van der Waals surface area contributed by atoms with Gasteiger partial charge in [0.2, 0.25) is 0 Å². The molecule has 0 aliphatic heterocycles. The zero-order valence-corrected chi connectivity index (χ0v) is 6.45. The number of allylic oxidation sites excluding steroid dienone is 1. The van der Waals surface area contributed by atoms with Crippen molar-refractivity contribution in [1.82, 2.24) is 9.78 Å². The minimum Gasteiger partial charge on any atom is -0.289 e. The molecule has 3 heteroatoms. The largest absolute Gasteiger partial charge is 0.289 e. The Balaban J connectivity index is 2.88. The van der Waals surface area contributed by atoms with Crippen LogP contribution in [0, 0.1) is 0 Å². The molecule has 0 radical (unpaired) electrons. The van der Waals surface area contributed by atoms with E-state index in [9.17, 15) is 4.79 Å². The van der Waals surface area contributed by atoms with E-state index in [1.165, 1.54) is 6.08 Å². The van der Waals surface area contributed by atoms with Crippen molar-refractivity contribution >= 4 is 5.78 Å². The van der Waals surface area contributed by atoms with E-state index in [0.29, 0.717) is 5.56 Å². The van der Waals surface area contributed by atoms with E-state index in [2.05, 4.69) is 11.7 Å². The predicted octanol–water partition coefficient (Wildman–Crippen LogP) is 1.27. The zero-order valence-electron chi connectivity index (χ0n) is 6.45. The van der Waals surface area contributed by atoms with E-state index in [-0.39, 0.29) is 5.78 Å². The van der Waals surface area contributed by atoms with Crippen LogP contribution in [0.3, 0.4) is 0 Å². The highest BCUT2D eigenvalue weighted by molar-refractivity contribution is 6.03. The van der Waals surface area contributed by atoms with Gasteiger partial charge in [0, 0.05) is 12.7 Å². The second kappa shape index (κ2) is 3.14. The molecule has 0 saturated heterocycles. The Hall–Kier alpha value is -1.38. The van der Waals surface area contributed by atoms with Gasteiger partial charge in [-0.15, -0.1) is 0 Å². The molecule has 0 saturated carbocycles. The SMILES string of the molecule is C=CC(=O)c1cnn(CC)c1. The molecule has 0 amide bonds. The molecule has 0 fully saturated rings. The molecule has 0 atom stereocenters. The molecule has 1 aromatic rings. The number of aryl methyl sites for hydroxylation is 1. The van der Waals surface area contributed by atoms with E-state index in [1.807, 2.05) is 6.92 Å². The van der Waals surface area contributed by atoms with Crippen molar-refractivity contribution in [2.75, 3.05) is 0 Å². The van der Waals surface area contributed by atoms with Crippen molar-refractivity contribution in [3.63, 3.8) is 0 Å². The molecular weight excluding hydrogens is 140 g/mol. The number of ketones is 1. The summed E-state index contributed by atoms with van der Waals surface area (Å²) in [6, 6.07) is 0. The molecule has 1 aromatic heterocycles. The number of hydrogen-bond donors (Lipinski definition) is 0. The van der Waals surface area contributed by atoms with Crippen molar-refractivity contribution < 1.29 is 4.79 Å². The van der Waals surface area contributed by atoms with Gasteiger partial charge >= 0.3 is 0 Å². The second-order valence-electron chi connectivity index (χ2n) is 2.15. The van der Waals surface area contributed by atoms with Crippen LogP contribution < -0.4 is 0 Å². The van der Waals surface area contributed by atoms with Gasteiger partial charge in [0.1, 0.15) is 0 Å². The van der Waals surface area contributed by atoms with Crippen LogP contribution >= 0.6 is 0 Å². The first-order chi connectivity index (χ1) is 5.27. The van der Waals surface area contributed by atoms with Gasteiger partial charge in [0.25, 0.3) is 0 Å². The highest BCUT2D eigenvalue weighted by atomic mass is 16.1. The molecule has 11 heavy (non-hydrogen) atoms. The van der Waals surface area contributed by atoms with Crippen molar-refractivity contribution in [3.8, 4) is 0 Å². The summed E-state index contributed by atoms with van der Waals surface area (Å²) in [6.07, 6.45) is 4.55. The first-order valence-corrected chi connectivity index (χ1v) is 3.47. The number of carbonyl (C=O) groups excluding carboxylic acids is 1. The lowest BCUT2D eigenvalue weighted by Crippen LogP contribution is -1.93. The summed E-state index contributed by atoms with van der Waals surface area (Å²) in [7, 11) is 0. The summed E-state index contributed by atoms with van der Waals surface area (Å²) < 4.78 is 1.71. The number of nitrogens with zero attached hydrogens (tertiary/aromatic N) is 2. The third-order valence-corrected chi connectivity index (χ3v) is 1.43. The molecule has 0 aliphatic rings. The second-order valence-corrected chi connectivity index (χ2v) is 2.15. The number of rotatable bonds is 3. The van der Waals surface area contributed by atoms with Gasteiger partial charge in [-0.25, -0.2) is 0 Å². The predicted molar refractivity (Wildman–Crippen MR) is 42.4 cm³/mol. The lowest BCUT2D eigenvalue weighted by atomic mass is 10.2. The molecule has 0 N–H and O–H groups in total. The van der Waals surface area contributed by atoms with Crippen molar-refractivity contribution in [2.45, 2.75) is 13.5 Å².